The summed E-state index contributed by atoms with van der Waals surface area (Å²) >= 11 is 9.16. The molecular formula is C14H12BrClFN3O. The molecule has 1 aliphatic carbocycles. The molecule has 1 amide bonds. The Balaban J connectivity index is 1.90. The van der Waals surface area contributed by atoms with E-state index in [9.17, 15) is 9.18 Å². The van der Waals surface area contributed by atoms with Crippen LogP contribution in [-0.4, -0.2) is 10.5 Å². The molecule has 7 heteroatoms. The van der Waals surface area contributed by atoms with Crippen molar-refractivity contribution in [3.63, 3.8) is 0 Å². The van der Waals surface area contributed by atoms with Crippen LogP contribution in [0.1, 0.15) is 29.4 Å². The van der Waals surface area contributed by atoms with Gasteiger partial charge in [-0.2, -0.15) is 0 Å². The Bertz CT molecular complexity index is 704. The molecule has 21 heavy (non-hydrogen) atoms. The molecule has 4 nitrogen and oxygen atoms in total. The van der Waals surface area contributed by atoms with Crippen LogP contribution in [0.15, 0.2) is 28.9 Å². The first-order valence-corrected chi connectivity index (χ1v) is 7.56. The highest BCUT2D eigenvalue weighted by atomic mass is 79.9. The van der Waals surface area contributed by atoms with E-state index < -0.39 is 5.82 Å². The Hall–Kier alpha value is -1.53. The minimum absolute atomic E-state index is 0.132. The summed E-state index contributed by atoms with van der Waals surface area (Å²) < 4.78 is 15.5. The third-order valence-corrected chi connectivity index (χ3v) is 4.21. The molecule has 1 heterocycles. The Labute approximate surface area is 134 Å². The predicted octanol–water partition coefficient (Wildman–Crippen LogP) is 4.21. The Morgan fingerprint density at radius 1 is 1.43 bits per heavy atom. The lowest BCUT2D eigenvalue weighted by molar-refractivity contribution is 0.101. The SMILES string of the molecule is Nc1cc(C(=O)Nc2c(Cl)cc(F)cc2Br)n(C2CC2)c1. The lowest BCUT2D eigenvalue weighted by Gasteiger charge is -2.11. The molecule has 1 fully saturated rings. The second-order valence-corrected chi connectivity index (χ2v) is 6.26. The molecule has 0 saturated heterocycles. The number of nitrogens with two attached hydrogens (primary N) is 1. The number of nitrogen functional groups attached to an aromatic ring is 1. The highest BCUT2D eigenvalue weighted by molar-refractivity contribution is 9.10. The van der Waals surface area contributed by atoms with Crippen molar-refractivity contribution in [2.75, 3.05) is 11.1 Å². The third-order valence-electron chi connectivity index (χ3n) is 3.29. The molecule has 0 bridgehead atoms. The predicted molar refractivity (Wildman–Crippen MR) is 84.2 cm³/mol. The lowest BCUT2D eigenvalue weighted by Crippen LogP contribution is -2.17. The van der Waals surface area contributed by atoms with E-state index in [0.29, 0.717) is 27.6 Å². The monoisotopic (exact) mass is 371 g/mol. The molecule has 0 spiro atoms. The molecule has 3 rings (SSSR count). The van der Waals surface area contributed by atoms with Gasteiger partial charge in [-0.05, 0) is 47.0 Å². The van der Waals surface area contributed by atoms with Crippen LogP contribution in [0.4, 0.5) is 15.8 Å². The average molecular weight is 373 g/mol. The van der Waals surface area contributed by atoms with E-state index >= 15 is 0 Å². The van der Waals surface area contributed by atoms with Crippen molar-refractivity contribution in [2.45, 2.75) is 18.9 Å². The minimum atomic E-state index is -0.476. The first-order chi connectivity index (χ1) is 9.95. The summed E-state index contributed by atoms with van der Waals surface area (Å²) in [5, 5.41) is 2.83. The third kappa shape index (κ3) is 2.91. The summed E-state index contributed by atoms with van der Waals surface area (Å²) in [5.41, 5.74) is 7.12. The van der Waals surface area contributed by atoms with E-state index in [4.69, 9.17) is 17.3 Å². The van der Waals surface area contributed by atoms with Crippen LogP contribution in [0, 0.1) is 5.82 Å². The number of halogens is 3. The summed E-state index contributed by atoms with van der Waals surface area (Å²) in [4.78, 5) is 12.4. The zero-order chi connectivity index (χ0) is 15.1. The van der Waals surface area contributed by atoms with Crippen LogP contribution in [0.5, 0.6) is 0 Å². The van der Waals surface area contributed by atoms with E-state index in [1.807, 2.05) is 4.57 Å². The van der Waals surface area contributed by atoms with E-state index in [1.165, 1.54) is 6.07 Å². The van der Waals surface area contributed by atoms with Gasteiger partial charge >= 0.3 is 0 Å². The maximum absolute atomic E-state index is 13.2. The van der Waals surface area contributed by atoms with Gasteiger partial charge in [-0.15, -0.1) is 0 Å². The molecule has 1 aromatic carbocycles. The number of carbonyl (C=O) groups excluding carboxylic acids is 1. The number of aromatic nitrogens is 1. The fraction of sp³-hybridized carbons (Fsp3) is 0.214. The zero-order valence-corrected chi connectivity index (χ0v) is 13.2. The van der Waals surface area contributed by atoms with Gasteiger partial charge in [-0.25, -0.2) is 4.39 Å². The van der Waals surface area contributed by atoms with Gasteiger partial charge in [0.05, 0.1) is 16.4 Å². The summed E-state index contributed by atoms with van der Waals surface area (Å²) in [5.74, 6) is -0.803. The van der Waals surface area contributed by atoms with Gasteiger partial charge in [0.25, 0.3) is 5.91 Å². The van der Waals surface area contributed by atoms with Crippen molar-refractivity contribution in [3.8, 4) is 0 Å². The maximum atomic E-state index is 13.2. The molecule has 1 saturated carbocycles. The van der Waals surface area contributed by atoms with Crippen molar-refractivity contribution in [1.82, 2.24) is 4.57 Å². The van der Waals surface area contributed by atoms with Gasteiger partial charge in [0.1, 0.15) is 11.5 Å². The molecule has 1 aliphatic rings. The van der Waals surface area contributed by atoms with Crippen molar-refractivity contribution in [2.24, 2.45) is 0 Å². The highest BCUT2D eigenvalue weighted by Gasteiger charge is 2.28. The van der Waals surface area contributed by atoms with E-state index in [-0.39, 0.29) is 10.9 Å². The number of nitrogens with one attached hydrogen (secondary N) is 1. The summed E-state index contributed by atoms with van der Waals surface area (Å²) in [7, 11) is 0. The van der Waals surface area contributed by atoms with Gasteiger partial charge < -0.3 is 15.6 Å². The maximum Gasteiger partial charge on any atom is 0.272 e. The van der Waals surface area contributed by atoms with Crippen LogP contribution in [0.2, 0.25) is 5.02 Å². The number of benzene rings is 1. The van der Waals surface area contributed by atoms with Crippen LogP contribution in [-0.2, 0) is 0 Å². The Kier molecular flexibility index (Phi) is 3.67. The van der Waals surface area contributed by atoms with Gasteiger partial charge in [0.2, 0.25) is 0 Å². The summed E-state index contributed by atoms with van der Waals surface area (Å²) in [6.07, 6.45) is 3.83. The quantitative estimate of drug-likeness (QED) is 0.848. The fourth-order valence-corrected chi connectivity index (χ4v) is 3.08. The topological polar surface area (TPSA) is 60.1 Å². The van der Waals surface area contributed by atoms with Crippen LogP contribution >= 0.6 is 27.5 Å². The van der Waals surface area contributed by atoms with Crippen LogP contribution < -0.4 is 11.1 Å². The fourth-order valence-electron chi connectivity index (χ4n) is 2.18. The van der Waals surface area contributed by atoms with E-state index in [0.717, 1.165) is 18.9 Å². The van der Waals surface area contributed by atoms with E-state index in [2.05, 4.69) is 21.2 Å². The standard InChI is InChI=1S/C14H12BrClFN3O/c15-10-3-7(17)4-11(16)13(10)19-14(21)12-5-8(18)6-20(12)9-1-2-9/h3-6,9H,1-2,18H2,(H,19,21). The van der Waals surface area contributed by atoms with Crippen LogP contribution in [0.25, 0.3) is 0 Å². The average Bonchev–Trinajstić information content (AvgIpc) is 3.16. The lowest BCUT2D eigenvalue weighted by atomic mass is 10.3. The number of carbonyl (C=O) groups is 1. The smallest absolute Gasteiger partial charge is 0.272 e. The zero-order valence-electron chi connectivity index (χ0n) is 10.9. The Morgan fingerprint density at radius 2 is 2.14 bits per heavy atom. The molecule has 3 N–H and O–H groups in total. The first kappa shape index (κ1) is 14.4. The molecule has 1 aromatic heterocycles. The van der Waals surface area contributed by atoms with Crippen molar-refractivity contribution in [1.29, 1.82) is 0 Å². The minimum Gasteiger partial charge on any atom is -0.397 e. The summed E-state index contributed by atoms with van der Waals surface area (Å²) in [6.45, 7) is 0. The molecular weight excluding hydrogens is 361 g/mol. The highest BCUT2D eigenvalue weighted by Crippen LogP contribution is 2.38. The molecule has 0 unspecified atom stereocenters. The molecule has 0 atom stereocenters. The largest absolute Gasteiger partial charge is 0.397 e. The Morgan fingerprint density at radius 3 is 2.76 bits per heavy atom. The van der Waals surface area contributed by atoms with Crippen molar-refractivity contribution >= 4 is 44.8 Å². The van der Waals surface area contributed by atoms with Gasteiger partial charge in [-0.3, -0.25) is 4.79 Å². The van der Waals surface area contributed by atoms with Gasteiger partial charge in [0.15, 0.2) is 0 Å². The second-order valence-electron chi connectivity index (χ2n) is 5.00. The molecule has 0 aliphatic heterocycles. The number of anilines is 2. The first-order valence-electron chi connectivity index (χ1n) is 6.39. The number of amides is 1. The number of rotatable bonds is 3. The van der Waals surface area contributed by atoms with Gasteiger partial charge in [0, 0.05) is 16.7 Å². The molecule has 2 aromatic rings. The van der Waals surface area contributed by atoms with E-state index in [1.54, 1.807) is 12.3 Å². The van der Waals surface area contributed by atoms with Gasteiger partial charge in [-0.1, -0.05) is 11.6 Å². The van der Waals surface area contributed by atoms with Crippen molar-refractivity contribution < 1.29 is 9.18 Å². The number of hydrogen-bond acceptors (Lipinski definition) is 2. The van der Waals surface area contributed by atoms with Crippen LogP contribution in [0.3, 0.4) is 0 Å². The normalized spacial score (nSPS) is 14.2. The summed E-state index contributed by atoms with van der Waals surface area (Å²) in [6, 6.07) is 4.35. The molecule has 0 radical (unpaired) electrons. The van der Waals surface area contributed by atoms with Crippen molar-refractivity contribution in [3.05, 3.63) is 45.4 Å². The number of nitrogens with zero attached hydrogens (tertiary/aromatic N) is 1. The number of hydrogen-bond donors (Lipinski definition) is 2. The second kappa shape index (κ2) is 5.35. The molecule has 110 valence electrons.